The molecular formula is C12H23NO4. The van der Waals surface area contributed by atoms with Crippen LogP contribution in [0.5, 0.6) is 0 Å². The summed E-state index contributed by atoms with van der Waals surface area (Å²) in [4.78, 5) is 10.5. The van der Waals surface area contributed by atoms with Crippen LogP contribution in [-0.2, 0) is 14.3 Å². The van der Waals surface area contributed by atoms with Gasteiger partial charge in [-0.3, -0.25) is 0 Å². The Hall–Kier alpha value is -0.910. The normalized spacial score (nSPS) is 11.8. The molecule has 0 aliphatic rings. The van der Waals surface area contributed by atoms with E-state index in [0.717, 1.165) is 26.0 Å². The molecule has 5 nitrogen and oxygen atoms in total. The summed E-state index contributed by atoms with van der Waals surface area (Å²) in [6, 6.07) is 0. The van der Waals surface area contributed by atoms with E-state index < -0.39 is 5.97 Å². The quantitative estimate of drug-likeness (QED) is 0.421. The van der Waals surface area contributed by atoms with E-state index in [0.29, 0.717) is 25.3 Å². The summed E-state index contributed by atoms with van der Waals surface area (Å²) < 4.78 is 10.2. The Morgan fingerprint density at radius 1 is 1.29 bits per heavy atom. The molecule has 0 aromatic rings. The number of rotatable bonds is 11. The average Bonchev–Trinajstić information content (AvgIpc) is 2.31. The second-order valence-corrected chi connectivity index (χ2v) is 3.71. The molecule has 17 heavy (non-hydrogen) atoms. The molecule has 0 amide bonds. The van der Waals surface area contributed by atoms with Crippen molar-refractivity contribution in [2.24, 2.45) is 0 Å². The van der Waals surface area contributed by atoms with Gasteiger partial charge in [-0.05, 0) is 26.3 Å². The summed E-state index contributed by atoms with van der Waals surface area (Å²) >= 11 is 0. The Morgan fingerprint density at radius 3 is 2.71 bits per heavy atom. The van der Waals surface area contributed by atoms with Crippen LogP contribution in [0.25, 0.3) is 0 Å². The van der Waals surface area contributed by atoms with Crippen molar-refractivity contribution in [3.63, 3.8) is 0 Å². The van der Waals surface area contributed by atoms with E-state index in [2.05, 4.69) is 5.32 Å². The zero-order valence-electron chi connectivity index (χ0n) is 10.7. The first-order valence-electron chi connectivity index (χ1n) is 5.86. The van der Waals surface area contributed by atoms with Gasteiger partial charge in [-0.2, -0.15) is 0 Å². The van der Waals surface area contributed by atoms with Crippen LogP contribution in [0.2, 0.25) is 0 Å². The molecule has 0 bridgehead atoms. The van der Waals surface area contributed by atoms with E-state index in [1.807, 2.05) is 0 Å². The monoisotopic (exact) mass is 245 g/mol. The summed E-state index contributed by atoms with van der Waals surface area (Å²) in [6.45, 7) is 5.09. The highest BCUT2D eigenvalue weighted by Gasteiger charge is 1.97. The number of aliphatic carboxylic acids is 1. The molecule has 0 aromatic carbocycles. The lowest BCUT2D eigenvalue weighted by Crippen LogP contribution is -2.16. The van der Waals surface area contributed by atoms with Gasteiger partial charge in [0.2, 0.25) is 0 Å². The maximum absolute atomic E-state index is 10.5. The predicted octanol–water partition coefficient (Wildman–Crippen LogP) is 1.05. The van der Waals surface area contributed by atoms with Crippen molar-refractivity contribution < 1.29 is 19.4 Å². The van der Waals surface area contributed by atoms with Gasteiger partial charge in [0.05, 0.1) is 13.2 Å². The van der Waals surface area contributed by atoms with Crippen LogP contribution in [0.1, 0.15) is 19.8 Å². The fourth-order valence-corrected chi connectivity index (χ4v) is 1.11. The van der Waals surface area contributed by atoms with Crippen LogP contribution in [0.15, 0.2) is 11.6 Å². The van der Waals surface area contributed by atoms with Gasteiger partial charge < -0.3 is 19.9 Å². The van der Waals surface area contributed by atoms with Gasteiger partial charge in [-0.15, -0.1) is 0 Å². The Balaban J connectivity index is 3.19. The molecule has 0 radical (unpaired) electrons. The molecule has 0 saturated carbocycles. The minimum Gasteiger partial charge on any atom is -0.478 e. The van der Waals surface area contributed by atoms with Gasteiger partial charge in [-0.1, -0.05) is 6.08 Å². The standard InChI is InChI=1S/C12H23NO4/c1-11(12(14)15)5-7-13-6-3-4-8-17-10-9-16-2/h5,13H,3-4,6-10H2,1-2H3,(H,14,15)/b11-5-. The molecule has 0 aliphatic carbocycles. The van der Waals surface area contributed by atoms with E-state index >= 15 is 0 Å². The van der Waals surface area contributed by atoms with Crippen molar-refractivity contribution in [2.75, 3.05) is 40.0 Å². The Morgan fingerprint density at radius 2 is 2.06 bits per heavy atom. The lowest BCUT2D eigenvalue weighted by molar-refractivity contribution is -0.132. The maximum atomic E-state index is 10.5. The smallest absolute Gasteiger partial charge is 0.330 e. The third-order valence-corrected chi connectivity index (χ3v) is 2.21. The predicted molar refractivity (Wildman–Crippen MR) is 66.2 cm³/mol. The number of unbranched alkanes of at least 4 members (excludes halogenated alkanes) is 1. The first-order valence-corrected chi connectivity index (χ1v) is 5.86. The van der Waals surface area contributed by atoms with Crippen molar-refractivity contribution in [3.05, 3.63) is 11.6 Å². The third-order valence-electron chi connectivity index (χ3n) is 2.21. The highest BCUT2D eigenvalue weighted by Crippen LogP contribution is 1.91. The maximum Gasteiger partial charge on any atom is 0.330 e. The fourth-order valence-electron chi connectivity index (χ4n) is 1.11. The number of hydrogen-bond donors (Lipinski definition) is 2. The molecular weight excluding hydrogens is 222 g/mol. The fraction of sp³-hybridized carbons (Fsp3) is 0.750. The molecule has 0 unspecified atom stereocenters. The van der Waals surface area contributed by atoms with Crippen molar-refractivity contribution in [1.29, 1.82) is 0 Å². The number of methoxy groups -OCH3 is 1. The van der Waals surface area contributed by atoms with Crippen molar-refractivity contribution in [3.8, 4) is 0 Å². The van der Waals surface area contributed by atoms with Gasteiger partial charge in [0.25, 0.3) is 0 Å². The Labute approximate surface area is 103 Å². The van der Waals surface area contributed by atoms with Crippen molar-refractivity contribution >= 4 is 5.97 Å². The topological polar surface area (TPSA) is 67.8 Å². The van der Waals surface area contributed by atoms with Gasteiger partial charge in [0, 0.05) is 25.8 Å². The molecule has 0 heterocycles. The number of hydrogen-bond acceptors (Lipinski definition) is 4. The number of ether oxygens (including phenoxy) is 2. The second-order valence-electron chi connectivity index (χ2n) is 3.71. The van der Waals surface area contributed by atoms with Crippen molar-refractivity contribution in [2.45, 2.75) is 19.8 Å². The van der Waals surface area contributed by atoms with Gasteiger partial charge in [0.1, 0.15) is 0 Å². The van der Waals surface area contributed by atoms with E-state index in [1.54, 1.807) is 20.1 Å². The van der Waals surface area contributed by atoms with Crippen LogP contribution in [0, 0.1) is 0 Å². The molecule has 2 N–H and O–H groups in total. The minimum absolute atomic E-state index is 0.375. The minimum atomic E-state index is -0.863. The molecule has 0 saturated heterocycles. The lowest BCUT2D eigenvalue weighted by atomic mass is 10.3. The highest BCUT2D eigenvalue weighted by molar-refractivity contribution is 5.85. The second kappa shape index (κ2) is 11.6. The Bertz CT molecular complexity index is 229. The molecule has 0 fully saturated rings. The summed E-state index contributed by atoms with van der Waals surface area (Å²) in [5, 5.41) is 11.8. The number of nitrogens with one attached hydrogen (secondary N) is 1. The first-order chi connectivity index (χ1) is 8.18. The molecule has 0 spiro atoms. The third kappa shape index (κ3) is 11.4. The summed E-state index contributed by atoms with van der Waals surface area (Å²) in [5.41, 5.74) is 0.375. The van der Waals surface area contributed by atoms with Crippen LogP contribution in [-0.4, -0.2) is 51.1 Å². The molecule has 0 rings (SSSR count). The molecule has 5 heteroatoms. The molecule has 0 aromatic heterocycles. The van der Waals surface area contributed by atoms with Crippen LogP contribution >= 0.6 is 0 Å². The number of carboxylic acid groups (broad SMARTS) is 1. The molecule has 0 atom stereocenters. The van der Waals surface area contributed by atoms with Crippen LogP contribution in [0.3, 0.4) is 0 Å². The largest absolute Gasteiger partial charge is 0.478 e. The van der Waals surface area contributed by atoms with Gasteiger partial charge >= 0.3 is 5.97 Å². The van der Waals surface area contributed by atoms with Crippen LogP contribution < -0.4 is 5.32 Å². The summed E-state index contributed by atoms with van der Waals surface area (Å²) in [7, 11) is 1.65. The molecule has 0 aliphatic heterocycles. The van der Waals surface area contributed by atoms with Crippen molar-refractivity contribution in [1.82, 2.24) is 5.32 Å². The zero-order valence-corrected chi connectivity index (χ0v) is 10.7. The van der Waals surface area contributed by atoms with Gasteiger partial charge in [0.15, 0.2) is 0 Å². The Kier molecular flexibility index (Phi) is 11.0. The number of carbonyl (C=O) groups is 1. The van der Waals surface area contributed by atoms with Gasteiger partial charge in [-0.25, -0.2) is 4.79 Å². The highest BCUT2D eigenvalue weighted by atomic mass is 16.5. The summed E-state index contributed by atoms with van der Waals surface area (Å²) in [5.74, 6) is -0.863. The number of carboxylic acids is 1. The van der Waals surface area contributed by atoms with E-state index in [9.17, 15) is 4.79 Å². The van der Waals surface area contributed by atoms with Crippen LogP contribution in [0.4, 0.5) is 0 Å². The SMILES string of the molecule is COCCOCCCCNC/C=C(/C)C(=O)O. The zero-order chi connectivity index (χ0) is 12.9. The average molecular weight is 245 g/mol. The lowest BCUT2D eigenvalue weighted by Gasteiger charge is -2.04. The van der Waals surface area contributed by atoms with E-state index in [4.69, 9.17) is 14.6 Å². The summed E-state index contributed by atoms with van der Waals surface area (Å²) in [6.07, 6.45) is 3.70. The van der Waals surface area contributed by atoms with E-state index in [1.165, 1.54) is 0 Å². The van der Waals surface area contributed by atoms with E-state index in [-0.39, 0.29) is 0 Å². The first kappa shape index (κ1) is 16.1. The molecule has 100 valence electrons.